The molecule has 0 saturated heterocycles. The average molecular weight is 340 g/mol. The summed E-state index contributed by atoms with van der Waals surface area (Å²) in [6.45, 7) is 0. The lowest BCUT2D eigenvalue weighted by molar-refractivity contribution is -0.136. The van der Waals surface area contributed by atoms with E-state index in [0.29, 0.717) is 16.4 Å². The first kappa shape index (κ1) is 16.1. The average Bonchev–Trinajstić information content (AvgIpc) is 2.90. The summed E-state index contributed by atoms with van der Waals surface area (Å²) in [5, 5.41) is 20.6. The van der Waals surface area contributed by atoms with E-state index in [4.69, 9.17) is 5.11 Å². The van der Waals surface area contributed by atoms with Crippen molar-refractivity contribution in [1.82, 2.24) is 4.98 Å². The number of hydrogen-bond acceptors (Lipinski definition) is 4. The highest BCUT2D eigenvalue weighted by Crippen LogP contribution is 2.32. The Labute approximate surface area is 143 Å². The quantitative estimate of drug-likeness (QED) is 0.481. The second kappa shape index (κ2) is 7.23. The topological polar surface area (TPSA) is 85.7 Å². The Kier molecular flexibility index (Phi) is 4.86. The van der Waals surface area contributed by atoms with Crippen LogP contribution in [0.25, 0.3) is 10.9 Å². The number of aromatic hydroxyl groups is 1. The van der Waals surface area contributed by atoms with Gasteiger partial charge in [-0.25, -0.2) is 4.99 Å². The van der Waals surface area contributed by atoms with Crippen molar-refractivity contribution in [3.8, 4) is 5.88 Å². The number of carboxylic acids is 1. The highest BCUT2D eigenvalue weighted by atomic mass is 32.2. The molecule has 3 rings (SSSR count). The second-order valence-electron chi connectivity index (χ2n) is 5.14. The Morgan fingerprint density at radius 2 is 1.79 bits per heavy atom. The van der Waals surface area contributed by atoms with Gasteiger partial charge in [-0.1, -0.05) is 36.4 Å². The predicted octanol–water partition coefficient (Wildman–Crippen LogP) is 4.16. The molecule has 0 spiro atoms. The zero-order valence-electron chi connectivity index (χ0n) is 12.8. The lowest BCUT2D eigenvalue weighted by Gasteiger charge is -2.06. The summed E-state index contributed by atoms with van der Waals surface area (Å²) in [5.41, 5.74) is 2.16. The molecule has 0 aliphatic heterocycles. The molecule has 122 valence electrons. The molecule has 5 nitrogen and oxygen atoms in total. The summed E-state index contributed by atoms with van der Waals surface area (Å²) in [5.74, 6) is -0.446. The van der Waals surface area contributed by atoms with Crippen LogP contribution in [-0.4, -0.2) is 32.0 Å². The summed E-state index contributed by atoms with van der Waals surface area (Å²) < 4.78 is 0. The van der Waals surface area contributed by atoms with Gasteiger partial charge in [-0.2, -0.15) is 0 Å². The number of thioether (sulfide) groups is 1. The van der Waals surface area contributed by atoms with Crippen LogP contribution in [0.2, 0.25) is 0 Å². The Morgan fingerprint density at radius 3 is 2.54 bits per heavy atom. The Balaban J connectivity index is 2.04. The van der Waals surface area contributed by atoms with Crippen molar-refractivity contribution >= 4 is 39.4 Å². The molecule has 24 heavy (non-hydrogen) atoms. The molecule has 0 radical (unpaired) electrons. The van der Waals surface area contributed by atoms with Crippen molar-refractivity contribution in [3.05, 3.63) is 60.2 Å². The maximum Gasteiger partial charge on any atom is 0.304 e. The van der Waals surface area contributed by atoms with E-state index >= 15 is 0 Å². The van der Waals surface area contributed by atoms with Crippen LogP contribution in [0.3, 0.4) is 0 Å². The third-order valence-corrected chi connectivity index (χ3v) is 4.42. The predicted molar refractivity (Wildman–Crippen MR) is 97.3 cm³/mol. The number of rotatable bonds is 5. The molecule has 0 atom stereocenters. The molecule has 0 amide bonds. The van der Waals surface area contributed by atoms with Crippen LogP contribution in [0, 0.1) is 0 Å². The number of carboxylic acid groups (broad SMARTS) is 1. The lowest BCUT2D eigenvalue weighted by atomic mass is 10.2. The number of benzene rings is 2. The molecular formula is C18H16N2O3S. The van der Waals surface area contributed by atoms with Gasteiger partial charge in [-0.05, 0) is 18.2 Å². The summed E-state index contributed by atoms with van der Waals surface area (Å²) in [4.78, 5) is 18.3. The van der Waals surface area contributed by atoms with Crippen LogP contribution < -0.4 is 0 Å². The second-order valence-corrected chi connectivity index (χ2v) is 6.22. The van der Waals surface area contributed by atoms with E-state index in [-0.39, 0.29) is 12.3 Å². The fourth-order valence-corrected chi connectivity index (χ4v) is 3.35. The third-order valence-electron chi connectivity index (χ3n) is 3.44. The SMILES string of the molecule is O=C(O)CCSC(=Nc1ccccc1)c1c(O)[nH]c2ccccc12. The molecular weight excluding hydrogens is 324 g/mol. The van der Waals surface area contributed by atoms with Gasteiger partial charge in [-0.3, -0.25) is 4.79 Å². The number of carbonyl (C=O) groups is 1. The van der Waals surface area contributed by atoms with Crippen molar-refractivity contribution in [1.29, 1.82) is 0 Å². The normalized spacial score (nSPS) is 11.8. The van der Waals surface area contributed by atoms with Gasteiger partial charge in [0.15, 0.2) is 5.88 Å². The number of aromatic nitrogens is 1. The van der Waals surface area contributed by atoms with Crippen LogP contribution in [0.1, 0.15) is 12.0 Å². The van der Waals surface area contributed by atoms with Crippen molar-refractivity contribution in [2.75, 3.05) is 5.75 Å². The maximum atomic E-state index is 10.8. The largest absolute Gasteiger partial charge is 0.494 e. The summed E-state index contributed by atoms with van der Waals surface area (Å²) >= 11 is 1.32. The fraction of sp³-hybridized carbons (Fsp3) is 0.111. The molecule has 3 N–H and O–H groups in total. The van der Waals surface area contributed by atoms with E-state index in [2.05, 4.69) is 9.98 Å². The molecule has 1 heterocycles. The number of fused-ring (bicyclic) bond motifs is 1. The van der Waals surface area contributed by atoms with Crippen molar-refractivity contribution in [3.63, 3.8) is 0 Å². The highest BCUT2D eigenvalue weighted by Gasteiger charge is 2.17. The van der Waals surface area contributed by atoms with Crippen LogP contribution in [0.5, 0.6) is 5.88 Å². The Hall–Kier alpha value is -2.73. The number of aromatic amines is 1. The molecule has 6 heteroatoms. The monoisotopic (exact) mass is 340 g/mol. The minimum absolute atomic E-state index is 0.0294. The lowest BCUT2D eigenvalue weighted by Crippen LogP contribution is -2.01. The van der Waals surface area contributed by atoms with Gasteiger partial charge in [0.2, 0.25) is 0 Å². The van der Waals surface area contributed by atoms with E-state index in [1.807, 2.05) is 54.6 Å². The molecule has 0 aliphatic rings. The van der Waals surface area contributed by atoms with E-state index in [0.717, 1.165) is 16.6 Å². The standard InChI is InChI=1S/C18H16N2O3S/c21-15(22)10-11-24-18(19-12-6-2-1-3-7-12)16-13-8-4-5-9-14(13)20-17(16)23/h1-9,20,23H,10-11H2,(H,21,22). The number of aliphatic carboxylic acids is 1. The van der Waals surface area contributed by atoms with E-state index in [9.17, 15) is 9.90 Å². The van der Waals surface area contributed by atoms with Crippen LogP contribution in [0.15, 0.2) is 59.6 Å². The minimum atomic E-state index is -0.857. The van der Waals surface area contributed by atoms with Crippen LogP contribution in [-0.2, 0) is 4.79 Å². The van der Waals surface area contributed by atoms with Gasteiger partial charge in [-0.15, -0.1) is 11.8 Å². The number of H-pyrrole nitrogens is 1. The number of hydrogen-bond donors (Lipinski definition) is 3. The highest BCUT2D eigenvalue weighted by molar-refractivity contribution is 8.14. The van der Waals surface area contributed by atoms with Gasteiger partial charge in [0.1, 0.15) is 5.04 Å². The molecule has 0 saturated carbocycles. The fourth-order valence-electron chi connectivity index (χ4n) is 2.36. The first-order valence-corrected chi connectivity index (χ1v) is 8.42. The molecule has 3 aromatic rings. The van der Waals surface area contributed by atoms with Crippen LogP contribution in [0.4, 0.5) is 5.69 Å². The molecule has 0 unspecified atom stereocenters. The Bertz CT molecular complexity index is 888. The zero-order chi connectivity index (χ0) is 16.9. The maximum absolute atomic E-state index is 10.8. The number of para-hydroxylation sites is 2. The Morgan fingerprint density at radius 1 is 1.08 bits per heavy atom. The number of nitrogens with zero attached hydrogens (tertiary/aromatic N) is 1. The molecule has 0 bridgehead atoms. The van der Waals surface area contributed by atoms with E-state index < -0.39 is 5.97 Å². The minimum Gasteiger partial charge on any atom is -0.494 e. The molecule has 0 fully saturated rings. The smallest absolute Gasteiger partial charge is 0.304 e. The third kappa shape index (κ3) is 3.60. The van der Waals surface area contributed by atoms with Gasteiger partial charge in [0, 0.05) is 16.7 Å². The van der Waals surface area contributed by atoms with Gasteiger partial charge in [0.25, 0.3) is 0 Å². The first-order chi connectivity index (χ1) is 11.6. The van der Waals surface area contributed by atoms with Crippen LogP contribution >= 0.6 is 11.8 Å². The van der Waals surface area contributed by atoms with Crippen molar-refractivity contribution < 1.29 is 15.0 Å². The van der Waals surface area contributed by atoms with Gasteiger partial charge in [0.05, 0.1) is 17.7 Å². The summed E-state index contributed by atoms with van der Waals surface area (Å²) in [7, 11) is 0. The summed E-state index contributed by atoms with van der Waals surface area (Å²) in [6.07, 6.45) is 0.0294. The van der Waals surface area contributed by atoms with Crippen molar-refractivity contribution in [2.45, 2.75) is 6.42 Å². The molecule has 2 aromatic carbocycles. The number of aliphatic imine (C=N–C) groups is 1. The zero-order valence-corrected chi connectivity index (χ0v) is 13.6. The number of nitrogens with one attached hydrogen (secondary N) is 1. The first-order valence-electron chi connectivity index (χ1n) is 7.43. The van der Waals surface area contributed by atoms with Gasteiger partial charge < -0.3 is 15.2 Å². The van der Waals surface area contributed by atoms with Gasteiger partial charge >= 0.3 is 5.97 Å². The molecule has 0 aliphatic carbocycles. The summed E-state index contributed by atoms with van der Waals surface area (Å²) in [6, 6.07) is 16.9. The van der Waals surface area contributed by atoms with E-state index in [1.165, 1.54) is 11.8 Å². The molecule has 1 aromatic heterocycles. The van der Waals surface area contributed by atoms with Crippen molar-refractivity contribution in [2.24, 2.45) is 4.99 Å². The van der Waals surface area contributed by atoms with E-state index in [1.54, 1.807) is 0 Å².